The second-order valence-corrected chi connectivity index (χ2v) is 7.24. The van der Waals surface area contributed by atoms with Gasteiger partial charge in [0.2, 0.25) is 5.91 Å². The van der Waals surface area contributed by atoms with Gasteiger partial charge >= 0.3 is 12.2 Å². The minimum absolute atomic E-state index is 0.0176. The summed E-state index contributed by atoms with van der Waals surface area (Å²) in [4.78, 5) is 35.3. The Morgan fingerprint density at radius 3 is 2.03 bits per heavy atom. The highest BCUT2D eigenvalue weighted by Crippen LogP contribution is 2.30. The number of hydrogen-bond donors (Lipinski definition) is 4. The van der Waals surface area contributed by atoms with E-state index < -0.39 is 23.7 Å². The Labute approximate surface area is 198 Å². The van der Waals surface area contributed by atoms with Gasteiger partial charge in [-0.25, -0.2) is 10.2 Å². The van der Waals surface area contributed by atoms with Crippen molar-refractivity contribution in [3.8, 4) is 0 Å². The van der Waals surface area contributed by atoms with Crippen LogP contribution in [0.3, 0.4) is 0 Å². The van der Waals surface area contributed by atoms with Gasteiger partial charge in [0.25, 0.3) is 5.91 Å². The molecule has 180 valence electrons. The van der Waals surface area contributed by atoms with E-state index in [1.165, 1.54) is 49.5 Å². The Kier molecular flexibility index (Phi) is 7.82. The molecule has 0 aliphatic rings. The average molecular weight is 483 g/mol. The van der Waals surface area contributed by atoms with Crippen molar-refractivity contribution in [3.05, 3.63) is 89.5 Å². The molecule has 4 amide bonds. The molecule has 0 aliphatic carbocycles. The highest BCUT2D eigenvalue weighted by Gasteiger charge is 2.30. The van der Waals surface area contributed by atoms with Gasteiger partial charge in [0.05, 0.1) is 11.8 Å². The first-order valence-electron chi connectivity index (χ1n) is 10.2. The van der Waals surface area contributed by atoms with Crippen molar-refractivity contribution in [2.45, 2.75) is 13.1 Å². The molecule has 0 atom stereocenters. The average Bonchev–Trinajstić information content (AvgIpc) is 2.80. The molecule has 0 bridgehead atoms. The Hall–Kier alpha value is -4.67. The van der Waals surface area contributed by atoms with Gasteiger partial charge in [-0.3, -0.25) is 9.59 Å². The molecule has 11 heteroatoms. The first kappa shape index (κ1) is 25.0. The summed E-state index contributed by atoms with van der Waals surface area (Å²) in [5.74, 6) is -0.674. The molecule has 0 radical (unpaired) electrons. The number of amides is 4. The third-order valence-electron chi connectivity index (χ3n) is 4.46. The van der Waals surface area contributed by atoms with E-state index in [4.69, 9.17) is 0 Å². The molecular formula is C24H20F3N5O3. The Balaban J connectivity index is 1.52. The lowest BCUT2D eigenvalue weighted by Gasteiger charge is -2.11. The molecule has 0 aromatic heterocycles. The van der Waals surface area contributed by atoms with Gasteiger partial charge in [-0.2, -0.15) is 18.3 Å². The molecule has 4 N–H and O–H groups in total. The van der Waals surface area contributed by atoms with E-state index in [0.717, 1.165) is 12.1 Å². The molecule has 35 heavy (non-hydrogen) atoms. The van der Waals surface area contributed by atoms with Crippen molar-refractivity contribution in [2.24, 2.45) is 5.10 Å². The zero-order valence-corrected chi connectivity index (χ0v) is 18.3. The van der Waals surface area contributed by atoms with Crippen LogP contribution in [0, 0.1) is 0 Å². The summed E-state index contributed by atoms with van der Waals surface area (Å²) in [7, 11) is 0. The standard InChI is InChI=1S/C24H20F3N5O3/c1-15(33)29-19-9-5-16(6-10-19)14-28-32-22(34)17-7-11-20(12-8-17)30-23(35)31-21-4-2-3-18(13-21)24(25,26)27/h2-14H,1H3,(H,29,33)(H,32,34)(H2,30,31,35). The number of hydrogen-bond acceptors (Lipinski definition) is 4. The zero-order valence-electron chi connectivity index (χ0n) is 18.3. The fourth-order valence-electron chi connectivity index (χ4n) is 2.86. The lowest BCUT2D eigenvalue weighted by molar-refractivity contribution is -0.137. The van der Waals surface area contributed by atoms with Gasteiger partial charge in [-0.1, -0.05) is 18.2 Å². The summed E-state index contributed by atoms with van der Waals surface area (Å²) in [6.07, 6.45) is -3.09. The zero-order chi connectivity index (χ0) is 25.4. The molecule has 8 nitrogen and oxygen atoms in total. The van der Waals surface area contributed by atoms with Crippen molar-refractivity contribution in [3.63, 3.8) is 0 Å². The van der Waals surface area contributed by atoms with E-state index in [9.17, 15) is 27.6 Å². The van der Waals surface area contributed by atoms with E-state index in [1.54, 1.807) is 24.3 Å². The van der Waals surface area contributed by atoms with Crippen LogP contribution < -0.4 is 21.4 Å². The fraction of sp³-hybridized carbons (Fsp3) is 0.0833. The minimum atomic E-state index is -4.52. The van der Waals surface area contributed by atoms with Crippen molar-refractivity contribution in [1.29, 1.82) is 0 Å². The second-order valence-electron chi connectivity index (χ2n) is 7.24. The van der Waals surface area contributed by atoms with Crippen molar-refractivity contribution in [1.82, 2.24) is 5.43 Å². The third-order valence-corrected chi connectivity index (χ3v) is 4.46. The van der Waals surface area contributed by atoms with Crippen molar-refractivity contribution >= 4 is 41.1 Å². The molecule has 3 aromatic carbocycles. The van der Waals surface area contributed by atoms with Crippen LogP contribution in [0.4, 0.5) is 35.0 Å². The Bertz CT molecular complexity index is 1240. The summed E-state index contributed by atoms with van der Waals surface area (Å²) < 4.78 is 38.4. The first-order chi connectivity index (χ1) is 16.6. The first-order valence-corrected chi connectivity index (χ1v) is 10.2. The van der Waals surface area contributed by atoms with Crippen LogP contribution in [-0.4, -0.2) is 24.1 Å². The number of alkyl halides is 3. The van der Waals surface area contributed by atoms with Crippen LogP contribution in [0.2, 0.25) is 0 Å². The van der Waals surface area contributed by atoms with Crippen LogP contribution in [0.5, 0.6) is 0 Å². The minimum Gasteiger partial charge on any atom is -0.326 e. The summed E-state index contributed by atoms with van der Waals surface area (Å²) in [5.41, 5.74) is 3.41. The summed E-state index contributed by atoms with van der Waals surface area (Å²) in [6, 6.07) is 16.2. The van der Waals surface area contributed by atoms with Crippen LogP contribution in [0.1, 0.15) is 28.4 Å². The number of nitrogens with one attached hydrogen (secondary N) is 4. The number of urea groups is 1. The highest BCUT2D eigenvalue weighted by molar-refractivity contribution is 6.00. The molecule has 0 heterocycles. The van der Waals surface area contributed by atoms with Gasteiger partial charge in [-0.15, -0.1) is 0 Å². The Morgan fingerprint density at radius 1 is 0.800 bits per heavy atom. The molecule has 3 aromatic rings. The van der Waals surface area contributed by atoms with Crippen molar-refractivity contribution < 1.29 is 27.6 Å². The number of rotatable bonds is 6. The van der Waals surface area contributed by atoms with Gasteiger partial charge in [-0.05, 0) is 60.2 Å². The highest BCUT2D eigenvalue weighted by atomic mass is 19.4. The summed E-state index contributed by atoms with van der Waals surface area (Å²) in [6.45, 7) is 1.41. The van der Waals surface area contributed by atoms with Crippen molar-refractivity contribution in [2.75, 3.05) is 16.0 Å². The number of anilines is 3. The predicted molar refractivity (Wildman–Crippen MR) is 126 cm³/mol. The lowest BCUT2D eigenvalue weighted by Crippen LogP contribution is -2.20. The van der Waals surface area contributed by atoms with Gasteiger partial charge < -0.3 is 16.0 Å². The van der Waals surface area contributed by atoms with E-state index >= 15 is 0 Å². The second kappa shape index (κ2) is 11.0. The maximum atomic E-state index is 12.8. The van der Waals surface area contributed by atoms with Gasteiger partial charge in [0.1, 0.15) is 0 Å². The number of nitrogens with zero attached hydrogens (tertiary/aromatic N) is 1. The number of benzene rings is 3. The maximum Gasteiger partial charge on any atom is 0.416 e. The van der Waals surface area contributed by atoms with E-state index in [1.807, 2.05) is 0 Å². The normalized spacial score (nSPS) is 11.1. The molecule has 0 spiro atoms. The SMILES string of the molecule is CC(=O)Nc1ccc(C=NNC(=O)c2ccc(NC(=O)Nc3cccc(C(F)(F)F)c3)cc2)cc1. The Morgan fingerprint density at radius 2 is 1.40 bits per heavy atom. The summed E-state index contributed by atoms with van der Waals surface area (Å²) >= 11 is 0. The van der Waals surface area contributed by atoms with Gasteiger partial charge in [0.15, 0.2) is 0 Å². The van der Waals surface area contributed by atoms with E-state index in [0.29, 0.717) is 16.9 Å². The van der Waals surface area contributed by atoms with Gasteiger partial charge in [0, 0.05) is 29.5 Å². The lowest BCUT2D eigenvalue weighted by atomic mass is 10.2. The molecule has 0 saturated carbocycles. The molecule has 0 saturated heterocycles. The summed E-state index contributed by atoms with van der Waals surface area (Å²) in [5, 5.41) is 11.3. The molecular weight excluding hydrogens is 463 g/mol. The largest absolute Gasteiger partial charge is 0.416 e. The van der Waals surface area contributed by atoms with Crippen LogP contribution in [-0.2, 0) is 11.0 Å². The fourth-order valence-corrected chi connectivity index (χ4v) is 2.86. The molecule has 3 rings (SSSR count). The maximum absolute atomic E-state index is 12.8. The van der Waals surface area contributed by atoms with Crippen LogP contribution in [0.25, 0.3) is 0 Å². The molecule has 0 aliphatic heterocycles. The van der Waals surface area contributed by atoms with Crippen LogP contribution in [0.15, 0.2) is 77.9 Å². The van der Waals surface area contributed by atoms with Crippen LogP contribution >= 0.6 is 0 Å². The number of hydrazone groups is 1. The molecule has 0 unspecified atom stereocenters. The predicted octanol–water partition coefficient (Wildman–Crippen LogP) is 5.07. The smallest absolute Gasteiger partial charge is 0.326 e. The topological polar surface area (TPSA) is 112 Å². The monoisotopic (exact) mass is 483 g/mol. The molecule has 0 fully saturated rings. The number of carbonyl (C=O) groups excluding carboxylic acids is 3. The van der Waals surface area contributed by atoms with E-state index in [2.05, 4.69) is 26.5 Å². The number of carbonyl (C=O) groups is 3. The third kappa shape index (κ3) is 7.70. The number of halogens is 3. The quantitative estimate of drug-likeness (QED) is 0.290. The van der Waals surface area contributed by atoms with E-state index in [-0.39, 0.29) is 17.2 Å².